The van der Waals surface area contributed by atoms with E-state index in [1.165, 1.54) is 0 Å². The molecule has 0 radical (unpaired) electrons. The molecule has 1 heterocycles. The molecule has 18 heavy (non-hydrogen) atoms. The van der Waals surface area contributed by atoms with E-state index in [9.17, 15) is 0 Å². The number of halogens is 1. The smallest absolute Gasteiger partial charge is 0.133 e. The van der Waals surface area contributed by atoms with E-state index in [1.807, 2.05) is 19.1 Å². The van der Waals surface area contributed by atoms with Crippen molar-refractivity contribution in [2.24, 2.45) is 0 Å². The van der Waals surface area contributed by atoms with Gasteiger partial charge in [-0.1, -0.05) is 32.4 Å². The average molecular weight is 264 g/mol. The summed E-state index contributed by atoms with van der Waals surface area (Å²) in [4.78, 5) is 4.53. The first-order chi connectivity index (χ1) is 8.32. The summed E-state index contributed by atoms with van der Waals surface area (Å²) in [5.74, 6) is 0.851. The van der Waals surface area contributed by atoms with E-state index in [0.717, 1.165) is 27.8 Å². The van der Waals surface area contributed by atoms with Gasteiger partial charge in [-0.05, 0) is 41.7 Å². The van der Waals surface area contributed by atoms with Gasteiger partial charge < -0.3 is 4.74 Å². The minimum atomic E-state index is -0.0186. The van der Waals surface area contributed by atoms with E-state index in [2.05, 4.69) is 31.8 Å². The Morgan fingerprint density at radius 3 is 2.39 bits per heavy atom. The molecular formula is C15H18ClNO. The third-order valence-electron chi connectivity index (χ3n) is 3.08. The summed E-state index contributed by atoms with van der Waals surface area (Å²) in [6.45, 7) is 8.42. The van der Waals surface area contributed by atoms with Crippen LogP contribution >= 0.6 is 11.6 Å². The number of hydrogen-bond acceptors (Lipinski definition) is 2. The Morgan fingerprint density at radius 1 is 1.17 bits per heavy atom. The van der Waals surface area contributed by atoms with Crippen LogP contribution in [0.4, 0.5) is 0 Å². The molecule has 0 fully saturated rings. The molecule has 0 atom stereocenters. The van der Waals surface area contributed by atoms with Gasteiger partial charge in [0.15, 0.2) is 0 Å². The molecular weight excluding hydrogens is 246 g/mol. The van der Waals surface area contributed by atoms with Crippen LogP contribution in [-0.4, -0.2) is 12.1 Å². The third-order valence-corrected chi connectivity index (χ3v) is 3.37. The highest BCUT2D eigenvalue weighted by atomic mass is 35.5. The largest absolute Gasteiger partial charge is 0.497 e. The molecule has 0 amide bonds. The van der Waals surface area contributed by atoms with E-state index in [1.54, 1.807) is 7.11 Å². The van der Waals surface area contributed by atoms with Gasteiger partial charge in [-0.15, -0.1) is 0 Å². The molecule has 1 aromatic heterocycles. The van der Waals surface area contributed by atoms with Crippen molar-refractivity contribution in [1.29, 1.82) is 0 Å². The molecule has 0 bridgehead atoms. The summed E-state index contributed by atoms with van der Waals surface area (Å²) in [5.41, 5.74) is 3.06. The van der Waals surface area contributed by atoms with Gasteiger partial charge in [0.05, 0.1) is 12.6 Å². The highest BCUT2D eigenvalue weighted by molar-refractivity contribution is 6.30. The van der Waals surface area contributed by atoms with Crippen LogP contribution in [0, 0.1) is 6.92 Å². The Hall–Kier alpha value is -1.28. The lowest BCUT2D eigenvalue weighted by atomic mass is 9.87. The first-order valence-corrected chi connectivity index (χ1v) is 6.36. The summed E-state index contributed by atoms with van der Waals surface area (Å²) in [7, 11) is 1.68. The average Bonchev–Trinajstić information content (AvgIpc) is 2.27. The van der Waals surface area contributed by atoms with Gasteiger partial charge in [0.1, 0.15) is 10.9 Å². The van der Waals surface area contributed by atoms with Crippen molar-refractivity contribution in [3.05, 3.63) is 34.5 Å². The fourth-order valence-corrected chi connectivity index (χ4v) is 2.48. The number of rotatable bonds is 1. The van der Waals surface area contributed by atoms with Gasteiger partial charge in [0.2, 0.25) is 0 Å². The third kappa shape index (κ3) is 2.30. The monoisotopic (exact) mass is 263 g/mol. The van der Waals surface area contributed by atoms with Crippen molar-refractivity contribution < 1.29 is 4.74 Å². The Labute approximate surface area is 113 Å². The predicted molar refractivity (Wildman–Crippen MR) is 76.7 cm³/mol. The molecule has 0 spiro atoms. The first kappa shape index (κ1) is 13.2. The summed E-state index contributed by atoms with van der Waals surface area (Å²) in [6, 6.07) is 6.09. The van der Waals surface area contributed by atoms with Gasteiger partial charge >= 0.3 is 0 Å². The standard InChI is InChI=1S/C15H18ClNO/c1-9-6-11(18-5)7-10-8-12(15(2,3)4)14(16)17-13(9)10/h6-8H,1-5H3. The van der Waals surface area contributed by atoms with Crippen LogP contribution in [0.3, 0.4) is 0 Å². The maximum atomic E-state index is 6.29. The normalized spacial score (nSPS) is 11.9. The van der Waals surface area contributed by atoms with Crippen molar-refractivity contribution in [2.75, 3.05) is 7.11 Å². The highest BCUT2D eigenvalue weighted by Crippen LogP contribution is 2.33. The topological polar surface area (TPSA) is 22.1 Å². The van der Waals surface area contributed by atoms with Gasteiger partial charge in [0, 0.05) is 5.39 Å². The minimum Gasteiger partial charge on any atom is -0.497 e. The first-order valence-electron chi connectivity index (χ1n) is 5.98. The fourth-order valence-electron chi connectivity index (χ4n) is 2.05. The summed E-state index contributed by atoms with van der Waals surface area (Å²) in [6.07, 6.45) is 0. The van der Waals surface area contributed by atoms with Crippen molar-refractivity contribution in [2.45, 2.75) is 33.1 Å². The predicted octanol–water partition coefficient (Wildman–Crippen LogP) is 4.50. The number of aromatic nitrogens is 1. The molecule has 0 aliphatic heterocycles. The van der Waals surface area contributed by atoms with Gasteiger partial charge in [0.25, 0.3) is 0 Å². The molecule has 0 aliphatic carbocycles. The zero-order valence-electron chi connectivity index (χ0n) is 11.5. The SMILES string of the molecule is COc1cc(C)c2nc(Cl)c(C(C)(C)C)cc2c1. The second-order valence-electron chi connectivity index (χ2n) is 5.59. The van der Waals surface area contributed by atoms with E-state index in [4.69, 9.17) is 16.3 Å². The molecule has 0 saturated heterocycles. The van der Waals surface area contributed by atoms with Crippen molar-refractivity contribution in [3.63, 3.8) is 0 Å². The number of aryl methyl sites for hydroxylation is 1. The maximum Gasteiger partial charge on any atom is 0.133 e. The lowest BCUT2D eigenvalue weighted by molar-refractivity contribution is 0.415. The second-order valence-corrected chi connectivity index (χ2v) is 5.95. The Kier molecular flexibility index (Phi) is 3.24. The number of ether oxygens (including phenoxy) is 1. The van der Waals surface area contributed by atoms with E-state index < -0.39 is 0 Å². The Balaban J connectivity index is 2.77. The molecule has 0 aliphatic rings. The zero-order valence-corrected chi connectivity index (χ0v) is 12.2. The van der Waals surface area contributed by atoms with Crippen molar-refractivity contribution >= 4 is 22.5 Å². The molecule has 2 rings (SSSR count). The minimum absolute atomic E-state index is 0.0186. The Bertz CT molecular complexity index is 599. The van der Waals surface area contributed by atoms with Gasteiger partial charge in [-0.2, -0.15) is 0 Å². The summed E-state index contributed by atoms with van der Waals surface area (Å²) in [5, 5.41) is 1.66. The Morgan fingerprint density at radius 2 is 1.83 bits per heavy atom. The molecule has 1 aromatic carbocycles. The second kappa shape index (κ2) is 4.43. The number of pyridine rings is 1. The van der Waals surface area contributed by atoms with Gasteiger partial charge in [-0.25, -0.2) is 4.98 Å². The lowest BCUT2D eigenvalue weighted by Gasteiger charge is -2.21. The zero-order chi connectivity index (χ0) is 13.5. The van der Waals surface area contributed by atoms with Crippen LogP contribution in [0.2, 0.25) is 5.15 Å². The maximum absolute atomic E-state index is 6.29. The number of nitrogens with zero attached hydrogens (tertiary/aromatic N) is 1. The van der Waals surface area contributed by atoms with Crippen LogP contribution in [0.15, 0.2) is 18.2 Å². The molecule has 96 valence electrons. The van der Waals surface area contributed by atoms with Crippen LogP contribution in [0.5, 0.6) is 5.75 Å². The van der Waals surface area contributed by atoms with Crippen LogP contribution < -0.4 is 4.74 Å². The number of benzene rings is 1. The quantitative estimate of drug-likeness (QED) is 0.707. The van der Waals surface area contributed by atoms with Crippen LogP contribution in [0.1, 0.15) is 31.9 Å². The van der Waals surface area contributed by atoms with E-state index >= 15 is 0 Å². The molecule has 0 saturated carbocycles. The summed E-state index contributed by atoms with van der Waals surface area (Å²) < 4.78 is 5.30. The van der Waals surface area contributed by atoms with Crippen LogP contribution in [0.25, 0.3) is 10.9 Å². The van der Waals surface area contributed by atoms with Gasteiger partial charge in [-0.3, -0.25) is 0 Å². The van der Waals surface area contributed by atoms with Crippen molar-refractivity contribution in [1.82, 2.24) is 4.98 Å². The molecule has 2 nitrogen and oxygen atoms in total. The number of methoxy groups -OCH3 is 1. The fraction of sp³-hybridized carbons (Fsp3) is 0.400. The molecule has 0 unspecified atom stereocenters. The number of fused-ring (bicyclic) bond motifs is 1. The van der Waals surface area contributed by atoms with Crippen molar-refractivity contribution in [3.8, 4) is 5.75 Å². The molecule has 3 heteroatoms. The molecule has 2 aromatic rings. The summed E-state index contributed by atoms with van der Waals surface area (Å²) >= 11 is 6.29. The van der Waals surface area contributed by atoms with E-state index in [0.29, 0.717) is 5.15 Å². The molecule has 0 N–H and O–H groups in total. The highest BCUT2D eigenvalue weighted by Gasteiger charge is 2.19. The van der Waals surface area contributed by atoms with Crippen LogP contribution in [-0.2, 0) is 5.41 Å². The lowest BCUT2D eigenvalue weighted by Crippen LogP contribution is -2.12. The van der Waals surface area contributed by atoms with E-state index in [-0.39, 0.29) is 5.41 Å². The number of hydrogen-bond donors (Lipinski definition) is 0.